The molecular weight excluding hydrogens is 212 g/mol. The molecule has 0 bridgehead atoms. The van der Waals surface area contributed by atoms with Gasteiger partial charge in [-0.2, -0.15) is 0 Å². The zero-order valence-electron chi connectivity index (χ0n) is 8.26. The molecule has 5 heteroatoms. The quantitative estimate of drug-likeness (QED) is 0.450. The molecule has 1 aromatic carbocycles. The van der Waals surface area contributed by atoms with Gasteiger partial charge in [-0.15, -0.1) is 0 Å². The van der Waals surface area contributed by atoms with Crippen molar-refractivity contribution in [3.8, 4) is 0 Å². The smallest absolute Gasteiger partial charge is 0.258 e. The van der Waals surface area contributed by atoms with Crippen molar-refractivity contribution in [2.45, 2.75) is 17.7 Å². The highest BCUT2D eigenvalue weighted by Crippen LogP contribution is 2.28. The van der Waals surface area contributed by atoms with Crippen LogP contribution in [0.1, 0.15) is 12.8 Å². The monoisotopic (exact) mass is 224 g/mol. The first-order chi connectivity index (χ1) is 7.25. The average molecular weight is 224 g/mol. The van der Waals surface area contributed by atoms with Crippen LogP contribution < -0.4 is 0 Å². The molecular formula is C10H12N2O2S. The summed E-state index contributed by atoms with van der Waals surface area (Å²) in [6.45, 7) is 2.15. The molecule has 0 amide bonds. The van der Waals surface area contributed by atoms with E-state index in [1.807, 2.05) is 6.07 Å². The molecule has 0 aliphatic carbocycles. The van der Waals surface area contributed by atoms with Crippen molar-refractivity contribution in [2.24, 2.45) is 0 Å². The van der Waals surface area contributed by atoms with E-state index in [0.717, 1.165) is 18.0 Å². The van der Waals surface area contributed by atoms with Crippen molar-refractivity contribution in [3.05, 3.63) is 34.4 Å². The second-order valence-corrected chi connectivity index (χ2v) is 4.65. The maximum absolute atomic E-state index is 10.6. The number of hydrogen-bond acceptors (Lipinski definition) is 4. The Morgan fingerprint density at radius 2 is 2.07 bits per heavy atom. The van der Waals surface area contributed by atoms with Crippen LogP contribution in [0, 0.1) is 10.1 Å². The third-order valence-corrected chi connectivity index (χ3v) is 3.42. The minimum Gasteiger partial charge on any atom is -0.258 e. The van der Waals surface area contributed by atoms with E-state index < -0.39 is 0 Å². The van der Waals surface area contributed by atoms with Crippen LogP contribution in [0.4, 0.5) is 5.69 Å². The van der Waals surface area contributed by atoms with Crippen molar-refractivity contribution in [2.75, 3.05) is 13.1 Å². The minimum atomic E-state index is -0.353. The van der Waals surface area contributed by atoms with Gasteiger partial charge < -0.3 is 0 Å². The Labute approximate surface area is 92.6 Å². The highest BCUT2D eigenvalue weighted by Gasteiger charge is 2.14. The highest BCUT2D eigenvalue weighted by molar-refractivity contribution is 7.97. The maximum atomic E-state index is 10.6. The normalized spacial score (nSPS) is 16.8. The number of nitro benzene ring substituents is 1. The largest absolute Gasteiger partial charge is 0.270 e. The summed E-state index contributed by atoms with van der Waals surface area (Å²) in [5.41, 5.74) is 0.166. The lowest BCUT2D eigenvalue weighted by molar-refractivity contribution is -0.385. The van der Waals surface area contributed by atoms with Crippen molar-refractivity contribution >= 4 is 17.6 Å². The fourth-order valence-corrected chi connectivity index (χ4v) is 2.63. The maximum Gasteiger partial charge on any atom is 0.270 e. The molecule has 80 valence electrons. The number of rotatable bonds is 3. The van der Waals surface area contributed by atoms with Crippen LogP contribution in [-0.2, 0) is 0 Å². The van der Waals surface area contributed by atoms with Gasteiger partial charge in [0.2, 0.25) is 0 Å². The van der Waals surface area contributed by atoms with E-state index in [2.05, 4.69) is 4.31 Å². The summed E-state index contributed by atoms with van der Waals surface area (Å²) in [6.07, 6.45) is 2.45. The van der Waals surface area contributed by atoms with Gasteiger partial charge in [-0.1, -0.05) is 6.07 Å². The summed E-state index contributed by atoms with van der Waals surface area (Å²) in [4.78, 5) is 11.2. The topological polar surface area (TPSA) is 46.4 Å². The van der Waals surface area contributed by atoms with Gasteiger partial charge >= 0.3 is 0 Å². The summed E-state index contributed by atoms with van der Waals surface area (Å²) in [7, 11) is 0. The molecule has 0 unspecified atom stereocenters. The van der Waals surface area contributed by atoms with E-state index in [1.54, 1.807) is 24.1 Å². The fourth-order valence-electron chi connectivity index (χ4n) is 1.58. The van der Waals surface area contributed by atoms with Gasteiger partial charge in [-0.25, -0.2) is 4.31 Å². The molecule has 2 rings (SSSR count). The molecule has 1 saturated heterocycles. The molecule has 4 nitrogen and oxygen atoms in total. The molecule has 0 saturated carbocycles. The van der Waals surface area contributed by atoms with Gasteiger partial charge in [0, 0.05) is 30.1 Å². The first-order valence-corrected chi connectivity index (χ1v) is 5.70. The Morgan fingerprint density at radius 3 is 2.73 bits per heavy atom. The first-order valence-electron chi connectivity index (χ1n) is 4.93. The second-order valence-electron chi connectivity index (χ2n) is 3.48. The zero-order valence-corrected chi connectivity index (χ0v) is 9.07. The summed E-state index contributed by atoms with van der Waals surface area (Å²) in [6, 6.07) is 6.80. The van der Waals surface area contributed by atoms with Crippen molar-refractivity contribution < 1.29 is 4.92 Å². The van der Waals surface area contributed by atoms with Gasteiger partial charge in [0.25, 0.3) is 5.69 Å². The summed E-state index contributed by atoms with van der Waals surface area (Å²) in [5, 5.41) is 10.6. The Hall–Kier alpha value is -1.07. The van der Waals surface area contributed by atoms with Crippen LogP contribution in [0.25, 0.3) is 0 Å². The summed E-state index contributed by atoms with van der Waals surface area (Å²) < 4.78 is 2.25. The van der Waals surface area contributed by atoms with E-state index in [4.69, 9.17) is 0 Å². The third-order valence-electron chi connectivity index (χ3n) is 2.33. The van der Waals surface area contributed by atoms with Crippen molar-refractivity contribution in [3.63, 3.8) is 0 Å². The molecule has 1 aliphatic heterocycles. The molecule has 0 radical (unpaired) electrons. The molecule has 1 heterocycles. The minimum absolute atomic E-state index is 0.166. The van der Waals surface area contributed by atoms with E-state index in [1.165, 1.54) is 18.9 Å². The van der Waals surface area contributed by atoms with Crippen LogP contribution in [0.2, 0.25) is 0 Å². The first kappa shape index (κ1) is 10.4. The van der Waals surface area contributed by atoms with Crippen LogP contribution in [0.5, 0.6) is 0 Å². The van der Waals surface area contributed by atoms with Crippen molar-refractivity contribution in [1.82, 2.24) is 4.31 Å². The number of nitrogens with zero attached hydrogens (tertiary/aromatic N) is 2. The van der Waals surface area contributed by atoms with Gasteiger partial charge in [0.15, 0.2) is 0 Å². The highest BCUT2D eigenvalue weighted by atomic mass is 32.2. The Morgan fingerprint density at radius 1 is 1.33 bits per heavy atom. The van der Waals surface area contributed by atoms with Gasteiger partial charge in [0.1, 0.15) is 0 Å². The molecule has 0 atom stereocenters. The van der Waals surface area contributed by atoms with Crippen LogP contribution in [-0.4, -0.2) is 22.3 Å². The second kappa shape index (κ2) is 4.63. The molecule has 0 aromatic heterocycles. The van der Waals surface area contributed by atoms with Gasteiger partial charge in [0.05, 0.1) is 4.92 Å². The molecule has 1 fully saturated rings. The van der Waals surface area contributed by atoms with Crippen LogP contribution in [0.3, 0.4) is 0 Å². The van der Waals surface area contributed by atoms with E-state index >= 15 is 0 Å². The van der Waals surface area contributed by atoms with E-state index in [0.29, 0.717) is 0 Å². The number of benzene rings is 1. The molecule has 0 spiro atoms. The van der Waals surface area contributed by atoms with Gasteiger partial charge in [-0.3, -0.25) is 10.1 Å². The van der Waals surface area contributed by atoms with Crippen LogP contribution in [0.15, 0.2) is 29.2 Å². The fraction of sp³-hybridized carbons (Fsp3) is 0.400. The van der Waals surface area contributed by atoms with Crippen LogP contribution >= 0.6 is 11.9 Å². The lowest BCUT2D eigenvalue weighted by atomic mass is 10.3. The summed E-state index contributed by atoms with van der Waals surface area (Å²) >= 11 is 1.61. The van der Waals surface area contributed by atoms with Crippen molar-refractivity contribution in [1.29, 1.82) is 0 Å². The Kier molecular flexibility index (Phi) is 3.23. The summed E-state index contributed by atoms with van der Waals surface area (Å²) in [5.74, 6) is 0. The standard InChI is InChI=1S/C10H12N2O2S/c13-12(14)9-4-3-5-10(8-9)15-11-6-1-2-7-11/h3-5,8H,1-2,6-7H2. The predicted molar refractivity (Wildman–Crippen MR) is 59.8 cm³/mol. The molecule has 0 N–H and O–H groups in total. The average Bonchev–Trinajstić information content (AvgIpc) is 2.71. The predicted octanol–water partition coefficient (Wildman–Crippen LogP) is 2.70. The molecule has 1 aliphatic rings. The number of hydrogen-bond donors (Lipinski definition) is 0. The SMILES string of the molecule is O=[N+]([O-])c1cccc(SN2CCCC2)c1. The lowest BCUT2D eigenvalue weighted by Gasteiger charge is -2.12. The lowest BCUT2D eigenvalue weighted by Crippen LogP contribution is -2.08. The zero-order chi connectivity index (χ0) is 10.7. The third kappa shape index (κ3) is 2.70. The number of non-ortho nitro benzene ring substituents is 1. The Balaban J connectivity index is 2.07. The van der Waals surface area contributed by atoms with E-state index in [9.17, 15) is 10.1 Å². The number of nitro groups is 1. The molecule has 1 aromatic rings. The van der Waals surface area contributed by atoms with Gasteiger partial charge in [-0.05, 0) is 30.9 Å². The Bertz CT molecular complexity index is 364. The van der Waals surface area contributed by atoms with E-state index in [-0.39, 0.29) is 10.6 Å². The molecule has 15 heavy (non-hydrogen) atoms.